The molecule has 118 valence electrons. The fourth-order valence-corrected chi connectivity index (χ4v) is 4.55. The number of benzene rings is 1. The van der Waals surface area contributed by atoms with E-state index in [2.05, 4.69) is 4.99 Å². The van der Waals surface area contributed by atoms with E-state index in [0.717, 1.165) is 60.7 Å². The predicted octanol–water partition coefficient (Wildman–Crippen LogP) is 3.68. The molecule has 0 spiro atoms. The standard InChI is InChI=1S/C17H21NO3S/c1-20-16-14(17(18-12-19)8-2-3-9-17)5-4-6-15(16)21-13-7-10-22-11-13/h4-6,13H,2-3,7-11H2,1H3. The van der Waals surface area contributed by atoms with Gasteiger partial charge in [0, 0.05) is 11.3 Å². The molecular formula is C17H21NO3S. The minimum Gasteiger partial charge on any atom is -0.492 e. The Bertz CT molecular complexity index is 571. The maximum Gasteiger partial charge on any atom is 0.235 e. The number of isocyanates is 1. The molecule has 1 saturated heterocycles. The third-order valence-electron chi connectivity index (χ3n) is 4.56. The van der Waals surface area contributed by atoms with Crippen LogP contribution in [-0.2, 0) is 10.3 Å². The summed E-state index contributed by atoms with van der Waals surface area (Å²) < 4.78 is 11.8. The second kappa shape index (κ2) is 6.76. The van der Waals surface area contributed by atoms with E-state index in [1.165, 1.54) is 0 Å². The molecule has 1 aromatic rings. The van der Waals surface area contributed by atoms with Crippen LogP contribution in [0.15, 0.2) is 23.2 Å². The average Bonchev–Trinajstić information content (AvgIpc) is 3.20. The van der Waals surface area contributed by atoms with E-state index >= 15 is 0 Å². The highest BCUT2D eigenvalue weighted by Crippen LogP contribution is 2.48. The van der Waals surface area contributed by atoms with E-state index in [4.69, 9.17) is 9.47 Å². The number of carbonyl (C=O) groups excluding carboxylic acids is 1. The minimum atomic E-state index is -0.489. The van der Waals surface area contributed by atoms with Crippen LogP contribution >= 0.6 is 11.8 Å². The normalized spacial score (nSPS) is 23.0. The Kier molecular flexibility index (Phi) is 4.74. The van der Waals surface area contributed by atoms with Crippen LogP contribution in [0.4, 0.5) is 0 Å². The molecule has 1 unspecified atom stereocenters. The predicted molar refractivity (Wildman–Crippen MR) is 87.6 cm³/mol. The number of hydrogen-bond donors (Lipinski definition) is 0. The molecule has 5 heteroatoms. The second-order valence-electron chi connectivity index (χ2n) is 5.88. The van der Waals surface area contributed by atoms with Gasteiger partial charge in [0.2, 0.25) is 6.08 Å². The van der Waals surface area contributed by atoms with Gasteiger partial charge >= 0.3 is 0 Å². The third-order valence-corrected chi connectivity index (χ3v) is 5.69. The van der Waals surface area contributed by atoms with Crippen molar-refractivity contribution in [1.29, 1.82) is 0 Å². The van der Waals surface area contributed by atoms with Gasteiger partial charge in [0.1, 0.15) is 11.6 Å². The molecule has 2 fully saturated rings. The van der Waals surface area contributed by atoms with E-state index in [0.29, 0.717) is 0 Å². The zero-order valence-corrected chi connectivity index (χ0v) is 13.7. The summed E-state index contributed by atoms with van der Waals surface area (Å²) in [5, 5.41) is 0. The van der Waals surface area contributed by atoms with Gasteiger partial charge in [0.05, 0.1) is 7.11 Å². The molecular weight excluding hydrogens is 298 g/mol. The molecule has 0 amide bonds. The van der Waals surface area contributed by atoms with Crippen molar-refractivity contribution in [3.8, 4) is 11.5 Å². The van der Waals surface area contributed by atoms with Crippen molar-refractivity contribution in [3.63, 3.8) is 0 Å². The van der Waals surface area contributed by atoms with Crippen LogP contribution in [0.2, 0.25) is 0 Å². The highest BCUT2D eigenvalue weighted by atomic mass is 32.2. The largest absolute Gasteiger partial charge is 0.492 e. The smallest absolute Gasteiger partial charge is 0.235 e. The summed E-state index contributed by atoms with van der Waals surface area (Å²) in [6.45, 7) is 0. The van der Waals surface area contributed by atoms with Crippen LogP contribution in [0.5, 0.6) is 11.5 Å². The fraction of sp³-hybridized carbons (Fsp3) is 0.588. The summed E-state index contributed by atoms with van der Waals surface area (Å²) in [6.07, 6.45) is 6.93. The molecule has 1 aliphatic heterocycles. The minimum absolute atomic E-state index is 0.239. The molecule has 1 saturated carbocycles. The number of nitrogens with zero attached hydrogens (tertiary/aromatic N) is 1. The SMILES string of the molecule is COc1c(OC2CCSC2)cccc1C1(N=C=O)CCCC1. The molecule has 1 atom stereocenters. The van der Waals surface area contributed by atoms with Gasteiger partial charge in [-0.3, -0.25) is 0 Å². The fourth-order valence-electron chi connectivity index (χ4n) is 3.46. The van der Waals surface area contributed by atoms with Crippen molar-refractivity contribution in [1.82, 2.24) is 0 Å². The number of aliphatic imine (C=N–C) groups is 1. The van der Waals surface area contributed by atoms with Gasteiger partial charge in [-0.25, -0.2) is 4.79 Å². The Morgan fingerprint density at radius 3 is 2.82 bits per heavy atom. The Morgan fingerprint density at radius 1 is 1.36 bits per heavy atom. The Hall–Kier alpha value is -1.45. The highest BCUT2D eigenvalue weighted by Gasteiger charge is 2.39. The molecule has 1 aromatic carbocycles. The van der Waals surface area contributed by atoms with Crippen molar-refractivity contribution in [3.05, 3.63) is 23.8 Å². The second-order valence-corrected chi connectivity index (χ2v) is 7.03. The summed E-state index contributed by atoms with van der Waals surface area (Å²) in [4.78, 5) is 15.1. The molecule has 0 N–H and O–H groups in total. The zero-order valence-electron chi connectivity index (χ0n) is 12.8. The summed E-state index contributed by atoms with van der Waals surface area (Å²) in [5.74, 6) is 3.65. The van der Waals surface area contributed by atoms with Gasteiger partial charge in [0.15, 0.2) is 11.5 Å². The lowest BCUT2D eigenvalue weighted by Crippen LogP contribution is -2.21. The quantitative estimate of drug-likeness (QED) is 0.613. The first-order chi connectivity index (χ1) is 10.8. The Labute approximate surface area is 135 Å². The van der Waals surface area contributed by atoms with Gasteiger partial charge in [-0.1, -0.05) is 25.0 Å². The third kappa shape index (κ3) is 2.88. The van der Waals surface area contributed by atoms with Gasteiger partial charge in [-0.15, -0.1) is 0 Å². The van der Waals surface area contributed by atoms with E-state index in [-0.39, 0.29) is 6.10 Å². The Morgan fingerprint density at radius 2 is 2.18 bits per heavy atom. The van der Waals surface area contributed by atoms with Crippen molar-refractivity contribution in [2.45, 2.75) is 43.7 Å². The van der Waals surface area contributed by atoms with Gasteiger partial charge < -0.3 is 9.47 Å². The van der Waals surface area contributed by atoms with Crippen molar-refractivity contribution < 1.29 is 14.3 Å². The van der Waals surface area contributed by atoms with E-state index in [1.807, 2.05) is 30.0 Å². The van der Waals surface area contributed by atoms with Crippen LogP contribution in [0, 0.1) is 0 Å². The molecule has 22 heavy (non-hydrogen) atoms. The molecule has 2 aliphatic rings. The van der Waals surface area contributed by atoms with Crippen molar-refractivity contribution >= 4 is 17.8 Å². The van der Waals surface area contributed by atoms with Gasteiger partial charge in [0.25, 0.3) is 0 Å². The summed E-state index contributed by atoms with van der Waals surface area (Å²) >= 11 is 1.92. The number of para-hydroxylation sites is 1. The van der Waals surface area contributed by atoms with Crippen LogP contribution in [0.1, 0.15) is 37.7 Å². The number of hydrogen-bond acceptors (Lipinski definition) is 5. The molecule has 0 radical (unpaired) electrons. The Balaban J connectivity index is 1.98. The van der Waals surface area contributed by atoms with Crippen LogP contribution < -0.4 is 9.47 Å². The molecule has 3 rings (SSSR count). The lowest BCUT2D eigenvalue weighted by Gasteiger charge is -2.26. The first-order valence-electron chi connectivity index (χ1n) is 7.80. The van der Waals surface area contributed by atoms with Crippen LogP contribution in [0.3, 0.4) is 0 Å². The lowest BCUT2D eigenvalue weighted by atomic mass is 9.88. The topological polar surface area (TPSA) is 47.9 Å². The average molecular weight is 319 g/mol. The highest BCUT2D eigenvalue weighted by molar-refractivity contribution is 7.99. The van der Waals surface area contributed by atoms with Crippen LogP contribution in [0.25, 0.3) is 0 Å². The van der Waals surface area contributed by atoms with Crippen LogP contribution in [-0.4, -0.2) is 30.8 Å². The number of thioether (sulfide) groups is 1. The maximum atomic E-state index is 10.9. The van der Waals surface area contributed by atoms with E-state index in [1.54, 1.807) is 13.2 Å². The summed E-state index contributed by atoms with van der Waals surface area (Å²) in [7, 11) is 1.66. The first-order valence-corrected chi connectivity index (χ1v) is 8.95. The van der Waals surface area contributed by atoms with Gasteiger partial charge in [-0.2, -0.15) is 16.8 Å². The van der Waals surface area contributed by atoms with E-state index < -0.39 is 5.54 Å². The number of rotatable bonds is 5. The van der Waals surface area contributed by atoms with Crippen molar-refractivity contribution in [2.75, 3.05) is 18.6 Å². The molecule has 0 bridgehead atoms. The first kappa shape index (κ1) is 15.4. The summed E-state index contributed by atoms with van der Waals surface area (Å²) in [6, 6.07) is 5.91. The molecule has 1 heterocycles. The zero-order chi connectivity index (χ0) is 15.4. The molecule has 4 nitrogen and oxygen atoms in total. The number of methoxy groups -OCH3 is 1. The summed E-state index contributed by atoms with van der Waals surface area (Å²) in [5.41, 5.74) is 0.468. The number of ether oxygens (including phenoxy) is 2. The maximum absolute atomic E-state index is 10.9. The van der Waals surface area contributed by atoms with Crippen molar-refractivity contribution in [2.24, 2.45) is 4.99 Å². The molecule has 1 aliphatic carbocycles. The lowest BCUT2D eigenvalue weighted by molar-refractivity contribution is 0.216. The van der Waals surface area contributed by atoms with E-state index in [9.17, 15) is 4.79 Å². The molecule has 0 aromatic heterocycles. The van der Waals surface area contributed by atoms with Gasteiger partial charge in [-0.05, 0) is 31.1 Å². The monoisotopic (exact) mass is 319 g/mol.